The van der Waals surface area contributed by atoms with Crippen LogP contribution in [0.25, 0.3) is 0 Å². The quantitative estimate of drug-likeness (QED) is 0.544. The van der Waals surface area contributed by atoms with Crippen molar-refractivity contribution in [3.63, 3.8) is 0 Å². The molecule has 1 heteroatoms. The summed E-state index contributed by atoms with van der Waals surface area (Å²) in [5.74, 6) is 1.31. The van der Waals surface area contributed by atoms with Gasteiger partial charge in [0.15, 0.2) is 0 Å². The maximum atomic E-state index is 6.02. The van der Waals surface area contributed by atoms with E-state index in [0.717, 1.165) is 12.8 Å². The summed E-state index contributed by atoms with van der Waals surface area (Å²) >= 11 is 0. The lowest BCUT2D eigenvalue weighted by Crippen LogP contribution is -2.32. The first-order valence-corrected chi connectivity index (χ1v) is 4.96. The van der Waals surface area contributed by atoms with Crippen molar-refractivity contribution in [1.82, 2.24) is 0 Å². The second kappa shape index (κ2) is 2.35. The SMILES string of the molecule is C=C1CC2(CC)OC(C)C1C2C. The first-order valence-electron chi connectivity index (χ1n) is 4.96. The molecule has 1 saturated carbocycles. The van der Waals surface area contributed by atoms with Gasteiger partial charge in [0.1, 0.15) is 0 Å². The topological polar surface area (TPSA) is 9.23 Å². The smallest absolute Gasteiger partial charge is 0.0752 e. The van der Waals surface area contributed by atoms with Gasteiger partial charge < -0.3 is 4.74 Å². The van der Waals surface area contributed by atoms with Crippen LogP contribution in [0.5, 0.6) is 0 Å². The summed E-state index contributed by atoms with van der Waals surface area (Å²) < 4.78 is 6.02. The molecule has 2 fully saturated rings. The molecule has 1 heterocycles. The molecule has 2 rings (SSSR count). The van der Waals surface area contributed by atoms with E-state index >= 15 is 0 Å². The van der Waals surface area contributed by atoms with Gasteiger partial charge in [0.05, 0.1) is 11.7 Å². The molecule has 1 saturated heterocycles. The van der Waals surface area contributed by atoms with Crippen LogP contribution in [-0.2, 0) is 4.74 Å². The molecule has 0 radical (unpaired) electrons. The van der Waals surface area contributed by atoms with Crippen molar-refractivity contribution in [3.05, 3.63) is 12.2 Å². The Labute approximate surface area is 74.8 Å². The van der Waals surface area contributed by atoms with Crippen LogP contribution < -0.4 is 0 Å². The molecular weight excluding hydrogens is 148 g/mol. The van der Waals surface area contributed by atoms with Gasteiger partial charge in [0, 0.05) is 5.92 Å². The Balaban J connectivity index is 2.34. The van der Waals surface area contributed by atoms with E-state index in [1.54, 1.807) is 0 Å². The Morgan fingerprint density at radius 2 is 2.25 bits per heavy atom. The van der Waals surface area contributed by atoms with E-state index in [1.807, 2.05) is 0 Å². The molecule has 0 aromatic heterocycles. The molecule has 0 aromatic rings. The molecule has 0 spiro atoms. The van der Waals surface area contributed by atoms with Crippen LogP contribution in [-0.4, -0.2) is 11.7 Å². The Morgan fingerprint density at radius 3 is 2.58 bits per heavy atom. The summed E-state index contributed by atoms with van der Waals surface area (Å²) in [7, 11) is 0. The van der Waals surface area contributed by atoms with Gasteiger partial charge in [-0.3, -0.25) is 0 Å². The van der Waals surface area contributed by atoms with Crippen LogP contribution in [0.3, 0.4) is 0 Å². The van der Waals surface area contributed by atoms with Gasteiger partial charge in [-0.25, -0.2) is 0 Å². The number of rotatable bonds is 1. The van der Waals surface area contributed by atoms with Crippen molar-refractivity contribution in [2.24, 2.45) is 11.8 Å². The third kappa shape index (κ3) is 0.779. The lowest BCUT2D eigenvalue weighted by Gasteiger charge is -2.30. The van der Waals surface area contributed by atoms with Crippen molar-refractivity contribution >= 4 is 0 Å². The predicted molar refractivity (Wildman–Crippen MR) is 50.0 cm³/mol. The maximum absolute atomic E-state index is 6.02. The van der Waals surface area contributed by atoms with E-state index in [2.05, 4.69) is 27.4 Å². The number of hydrogen-bond acceptors (Lipinski definition) is 1. The molecular formula is C11H18O. The number of hydrogen-bond donors (Lipinski definition) is 0. The molecule has 2 bridgehead atoms. The van der Waals surface area contributed by atoms with Gasteiger partial charge in [0.2, 0.25) is 0 Å². The molecule has 1 aliphatic heterocycles. The second-order valence-corrected chi connectivity index (χ2v) is 4.39. The fourth-order valence-corrected chi connectivity index (χ4v) is 3.21. The summed E-state index contributed by atoms with van der Waals surface area (Å²) in [6.07, 6.45) is 2.63. The largest absolute Gasteiger partial charge is 0.371 e. The first-order chi connectivity index (χ1) is 5.60. The molecule has 1 nitrogen and oxygen atoms in total. The van der Waals surface area contributed by atoms with E-state index in [-0.39, 0.29) is 5.60 Å². The highest BCUT2D eigenvalue weighted by atomic mass is 16.5. The number of ether oxygens (including phenoxy) is 1. The molecule has 2 aliphatic rings. The van der Waals surface area contributed by atoms with Crippen molar-refractivity contribution < 1.29 is 4.74 Å². The molecule has 12 heavy (non-hydrogen) atoms. The van der Waals surface area contributed by atoms with Gasteiger partial charge >= 0.3 is 0 Å². The van der Waals surface area contributed by atoms with E-state index < -0.39 is 0 Å². The highest BCUT2D eigenvalue weighted by Gasteiger charge is 2.56. The van der Waals surface area contributed by atoms with Crippen LogP contribution in [0, 0.1) is 11.8 Å². The van der Waals surface area contributed by atoms with Crippen LogP contribution in [0.15, 0.2) is 12.2 Å². The summed E-state index contributed by atoms with van der Waals surface area (Å²) in [5.41, 5.74) is 1.57. The van der Waals surface area contributed by atoms with Gasteiger partial charge in [-0.2, -0.15) is 0 Å². The minimum absolute atomic E-state index is 0.154. The van der Waals surface area contributed by atoms with Crippen molar-refractivity contribution in [3.8, 4) is 0 Å². The molecule has 4 unspecified atom stereocenters. The predicted octanol–water partition coefficient (Wildman–Crippen LogP) is 2.77. The van der Waals surface area contributed by atoms with E-state index in [1.165, 1.54) is 5.57 Å². The minimum Gasteiger partial charge on any atom is -0.371 e. The minimum atomic E-state index is 0.154. The zero-order valence-electron chi connectivity index (χ0n) is 8.26. The molecule has 0 N–H and O–H groups in total. The fourth-order valence-electron chi connectivity index (χ4n) is 3.21. The Hall–Kier alpha value is -0.300. The zero-order valence-corrected chi connectivity index (χ0v) is 8.26. The van der Waals surface area contributed by atoms with E-state index in [9.17, 15) is 0 Å². The fraction of sp³-hybridized carbons (Fsp3) is 0.818. The zero-order chi connectivity index (χ0) is 8.93. The van der Waals surface area contributed by atoms with Crippen LogP contribution in [0.1, 0.15) is 33.6 Å². The Morgan fingerprint density at radius 1 is 1.58 bits per heavy atom. The molecule has 0 aromatic carbocycles. The molecule has 0 amide bonds. The molecule has 4 atom stereocenters. The normalized spacial score (nSPS) is 51.9. The van der Waals surface area contributed by atoms with Crippen LogP contribution in [0.4, 0.5) is 0 Å². The summed E-state index contributed by atoms with van der Waals surface area (Å²) in [6.45, 7) is 10.9. The van der Waals surface area contributed by atoms with Gasteiger partial charge in [0.25, 0.3) is 0 Å². The third-order valence-electron chi connectivity index (χ3n) is 3.89. The maximum Gasteiger partial charge on any atom is 0.0752 e. The Kier molecular flexibility index (Phi) is 1.63. The average Bonchev–Trinajstić information content (AvgIpc) is 2.37. The van der Waals surface area contributed by atoms with Gasteiger partial charge in [-0.05, 0) is 25.7 Å². The highest BCUT2D eigenvalue weighted by molar-refractivity contribution is 5.23. The van der Waals surface area contributed by atoms with Crippen molar-refractivity contribution in [2.45, 2.75) is 45.3 Å². The standard InChI is InChI=1S/C11H18O/c1-5-11-6-7(2)10(8(11)3)9(4)12-11/h8-10H,2,5-6H2,1,3-4H3. The third-order valence-corrected chi connectivity index (χ3v) is 3.89. The average molecular weight is 166 g/mol. The lowest BCUT2D eigenvalue weighted by atomic mass is 9.87. The van der Waals surface area contributed by atoms with Crippen LogP contribution in [0.2, 0.25) is 0 Å². The second-order valence-electron chi connectivity index (χ2n) is 4.39. The molecule has 1 aliphatic carbocycles. The number of fused-ring (bicyclic) bond motifs is 2. The van der Waals surface area contributed by atoms with E-state index in [4.69, 9.17) is 4.74 Å². The lowest BCUT2D eigenvalue weighted by molar-refractivity contribution is -0.0602. The van der Waals surface area contributed by atoms with Crippen molar-refractivity contribution in [2.75, 3.05) is 0 Å². The highest BCUT2D eigenvalue weighted by Crippen LogP contribution is 2.55. The monoisotopic (exact) mass is 166 g/mol. The summed E-state index contributed by atoms with van der Waals surface area (Å²) in [6, 6.07) is 0. The summed E-state index contributed by atoms with van der Waals surface area (Å²) in [4.78, 5) is 0. The van der Waals surface area contributed by atoms with Gasteiger partial charge in [-0.1, -0.05) is 26.0 Å². The van der Waals surface area contributed by atoms with Gasteiger partial charge in [-0.15, -0.1) is 0 Å². The van der Waals surface area contributed by atoms with Crippen molar-refractivity contribution in [1.29, 1.82) is 0 Å². The summed E-state index contributed by atoms with van der Waals surface area (Å²) in [5, 5.41) is 0. The first kappa shape index (κ1) is 8.31. The Bertz CT molecular complexity index is 221. The van der Waals surface area contributed by atoms with E-state index in [0.29, 0.717) is 17.9 Å². The molecule has 68 valence electrons. The van der Waals surface area contributed by atoms with Crippen LogP contribution >= 0.6 is 0 Å².